The average Bonchev–Trinajstić information content (AvgIpc) is 2.61. The van der Waals surface area contributed by atoms with Crippen LogP contribution in [0.3, 0.4) is 0 Å². The van der Waals surface area contributed by atoms with Crippen molar-refractivity contribution >= 4 is 0 Å². The van der Waals surface area contributed by atoms with Gasteiger partial charge in [0.05, 0.1) is 0 Å². The lowest BCUT2D eigenvalue weighted by Crippen LogP contribution is -2.01. The van der Waals surface area contributed by atoms with Gasteiger partial charge in [-0.2, -0.15) is 0 Å². The standard InChI is InChI=1S/C26H45/c1-5-7-9-11-13-15-17-19-25(18-16-14-12-10-8-6-2)26-21-23(3)20-24(4)22-26/h20-22,25H,2,5-19H2,1,3-4H3. The third-order valence-electron chi connectivity index (χ3n) is 5.67. The van der Waals surface area contributed by atoms with Crippen molar-refractivity contribution < 1.29 is 0 Å². The van der Waals surface area contributed by atoms with Crippen LogP contribution in [0, 0.1) is 20.8 Å². The summed E-state index contributed by atoms with van der Waals surface area (Å²) in [4.78, 5) is 0. The number of unbranched alkanes of at least 4 members (excludes halogenated alkanes) is 11. The lowest BCUT2D eigenvalue weighted by Gasteiger charge is -2.19. The van der Waals surface area contributed by atoms with Gasteiger partial charge in [-0.1, -0.05) is 127 Å². The van der Waals surface area contributed by atoms with Crippen LogP contribution in [-0.4, -0.2) is 0 Å². The molecule has 0 nitrogen and oxygen atoms in total. The van der Waals surface area contributed by atoms with Crippen molar-refractivity contribution in [1.29, 1.82) is 0 Å². The molecule has 1 atom stereocenters. The summed E-state index contributed by atoms with van der Waals surface area (Å²) in [5.41, 5.74) is 4.46. The van der Waals surface area contributed by atoms with Gasteiger partial charge in [-0.15, -0.1) is 0 Å². The zero-order valence-electron chi connectivity index (χ0n) is 18.1. The predicted molar refractivity (Wildman–Crippen MR) is 119 cm³/mol. The topological polar surface area (TPSA) is 0 Å². The van der Waals surface area contributed by atoms with Crippen molar-refractivity contribution in [2.75, 3.05) is 0 Å². The summed E-state index contributed by atoms with van der Waals surface area (Å²) in [5, 5.41) is 0. The van der Waals surface area contributed by atoms with E-state index in [4.69, 9.17) is 0 Å². The fraction of sp³-hybridized carbons (Fsp3) is 0.731. The van der Waals surface area contributed by atoms with Crippen molar-refractivity contribution in [2.45, 2.75) is 123 Å². The Hall–Kier alpha value is -0.780. The SMILES string of the molecule is [CH2]CCCCCCCC(CCCCCCCCC)c1cc(C)cc(C)c1. The summed E-state index contributed by atoms with van der Waals surface area (Å²) >= 11 is 0. The largest absolute Gasteiger partial charge is 0.0654 e. The van der Waals surface area contributed by atoms with E-state index in [9.17, 15) is 0 Å². The van der Waals surface area contributed by atoms with Gasteiger partial charge in [0.15, 0.2) is 0 Å². The molecule has 0 N–H and O–H groups in total. The Morgan fingerprint density at radius 3 is 1.62 bits per heavy atom. The summed E-state index contributed by atoms with van der Waals surface area (Å²) in [6, 6.07) is 7.20. The van der Waals surface area contributed by atoms with E-state index in [1.807, 2.05) is 0 Å². The number of hydrogen-bond acceptors (Lipinski definition) is 0. The van der Waals surface area contributed by atoms with Gasteiger partial charge in [0.2, 0.25) is 0 Å². The lowest BCUT2D eigenvalue weighted by atomic mass is 9.86. The summed E-state index contributed by atoms with van der Waals surface area (Å²) < 4.78 is 0. The van der Waals surface area contributed by atoms with Gasteiger partial charge in [-0.25, -0.2) is 0 Å². The fourth-order valence-corrected chi connectivity index (χ4v) is 4.17. The van der Waals surface area contributed by atoms with Crippen LogP contribution in [0.25, 0.3) is 0 Å². The van der Waals surface area contributed by atoms with Gasteiger partial charge in [0.25, 0.3) is 0 Å². The second-order valence-corrected chi connectivity index (χ2v) is 8.44. The molecule has 0 heterocycles. The number of rotatable bonds is 16. The molecule has 0 spiro atoms. The Kier molecular flexibility index (Phi) is 13.7. The molecule has 0 heteroatoms. The molecular formula is C26H45. The summed E-state index contributed by atoms with van der Waals surface area (Å²) in [6.07, 6.45) is 20.6. The predicted octanol–water partition coefficient (Wildman–Crippen LogP) is 9.09. The molecule has 0 aliphatic carbocycles. The Labute approximate surface area is 165 Å². The summed E-state index contributed by atoms with van der Waals surface area (Å²) in [5.74, 6) is 0.775. The first-order valence-electron chi connectivity index (χ1n) is 11.5. The highest BCUT2D eigenvalue weighted by Crippen LogP contribution is 2.30. The number of benzene rings is 1. The van der Waals surface area contributed by atoms with Gasteiger partial charge in [0, 0.05) is 0 Å². The van der Waals surface area contributed by atoms with Crippen LogP contribution >= 0.6 is 0 Å². The van der Waals surface area contributed by atoms with Crippen molar-refractivity contribution in [3.63, 3.8) is 0 Å². The molecule has 0 saturated carbocycles. The minimum Gasteiger partial charge on any atom is -0.0654 e. The highest BCUT2D eigenvalue weighted by atomic mass is 14.2. The van der Waals surface area contributed by atoms with Gasteiger partial charge < -0.3 is 0 Å². The molecule has 26 heavy (non-hydrogen) atoms. The second-order valence-electron chi connectivity index (χ2n) is 8.44. The lowest BCUT2D eigenvalue weighted by molar-refractivity contribution is 0.486. The Bertz CT molecular complexity index is 425. The zero-order valence-corrected chi connectivity index (χ0v) is 18.1. The van der Waals surface area contributed by atoms with Crippen molar-refractivity contribution in [3.8, 4) is 0 Å². The van der Waals surface area contributed by atoms with Crippen molar-refractivity contribution in [1.82, 2.24) is 0 Å². The van der Waals surface area contributed by atoms with Crippen LogP contribution in [0.2, 0.25) is 0 Å². The minimum absolute atomic E-state index is 0.775. The van der Waals surface area contributed by atoms with E-state index in [0.29, 0.717) is 0 Å². The molecule has 0 aromatic heterocycles. The van der Waals surface area contributed by atoms with Crippen molar-refractivity contribution in [3.05, 3.63) is 41.8 Å². The van der Waals surface area contributed by atoms with Gasteiger partial charge >= 0.3 is 0 Å². The maximum Gasteiger partial charge on any atom is -0.0162 e. The van der Waals surface area contributed by atoms with E-state index in [1.165, 1.54) is 101 Å². The molecule has 0 fully saturated rings. The summed E-state index contributed by atoms with van der Waals surface area (Å²) in [6.45, 7) is 10.8. The van der Waals surface area contributed by atoms with Crippen LogP contribution in [0.5, 0.6) is 0 Å². The van der Waals surface area contributed by atoms with E-state index in [2.05, 4.69) is 45.9 Å². The first kappa shape index (κ1) is 23.3. The maximum absolute atomic E-state index is 3.95. The molecule has 1 aromatic carbocycles. The van der Waals surface area contributed by atoms with Crippen LogP contribution < -0.4 is 0 Å². The van der Waals surface area contributed by atoms with Crippen LogP contribution in [0.4, 0.5) is 0 Å². The molecule has 149 valence electrons. The van der Waals surface area contributed by atoms with Gasteiger partial charge in [-0.3, -0.25) is 0 Å². The average molecular weight is 358 g/mol. The maximum atomic E-state index is 3.95. The molecule has 1 aromatic rings. The fourth-order valence-electron chi connectivity index (χ4n) is 4.17. The highest BCUT2D eigenvalue weighted by Gasteiger charge is 2.12. The Morgan fingerprint density at radius 2 is 1.12 bits per heavy atom. The first-order valence-corrected chi connectivity index (χ1v) is 11.5. The molecule has 1 unspecified atom stereocenters. The van der Waals surface area contributed by atoms with E-state index < -0.39 is 0 Å². The highest BCUT2D eigenvalue weighted by molar-refractivity contribution is 5.31. The molecule has 0 saturated heterocycles. The van der Waals surface area contributed by atoms with Gasteiger partial charge in [-0.05, 0) is 38.2 Å². The van der Waals surface area contributed by atoms with Crippen LogP contribution in [0.15, 0.2) is 18.2 Å². The van der Waals surface area contributed by atoms with Crippen LogP contribution in [0.1, 0.15) is 126 Å². The van der Waals surface area contributed by atoms with E-state index in [-0.39, 0.29) is 0 Å². The number of hydrogen-bond donors (Lipinski definition) is 0. The Morgan fingerprint density at radius 1 is 0.654 bits per heavy atom. The normalized spacial score (nSPS) is 12.5. The molecule has 0 amide bonds. The number of aryl methyl sites for hydroxylation is 2. The smallest absolute Gasteiger partial charge is 0.0162 e. The second kappa shape index (κ2) is 15.3. The van der Waals surface area contributed by atoms with Crippen LogP contribution in [-0.2, 0) is 0 Å². The van der Waals surface area contributed by atoms with E-state index in [0.717, 1.165) is 12.3 Å². The molecule has 1 rings (SSSR count). The quantitative estimate of drug-likeness (QED) is 0.259. The Balaban J connectivity index is 2.42. The zero-order chi connectivity index (χ0) is 19.0. The monoisotopic (exact) mass is 357 g/mol. The molecular weight excluding hydrogens is 312 g/mol. The molecule has 0 aliphatic heterocycles. The first-order chi connectivity index (χ1) is 12.7. The van der Waals surface area contributed by atoms with Gasteiger partial charge in [0.1, 0.15) is 0 Å². The molecule has 0 aliphatic rings. The van der Waals surface area contributed by atoms with E-state index in [1.54, 1.807) is 5.56 Å². The third kappa shape index (κ3) is 11.0. The van der Waals surface area contributed by atoms with Crippen molar-refractivity contribution in [2.24, 2.45) is 0 Å². The molecule has 0 bridgehead atoms. The minimum atomic E-state index is 0.775. The summed E-state index contributed by atoms with van der Waals surface area (Å²) in [7, 11) is 0. The molecule has 1 radical (unpaired) electrons. The third-order valence-corrected chi connectivity index (χ3v) is 5.67. The van der Waals surface area contributed by atoms with E-state index >= 15 is 0 Å².